The van der Waals surface area contributed by atoms with Gasteiger partial charge < -0.3 is 0 Å². The van der Waals surface area contributed by atoms with Gasteiger partial charge >= 0.3 is 0 Å². The van der Waals surface area contributed by atoms with E-state index in [2.05, 4.69) is 42.3 Å². The Morgan fingerprint density at radius 3 is 2.94 bits per heavy atom. The van der Waals surface area contributed by atoms with Crippen molar-refractivity contribution < 1.29 is 0 Å². The monoisotopic (exact) mass is 213 g/mol. The molecule has 1 N–H and O–H groups in total. The van der Waals surface area contributed by atoms with E-state index in [-0.39, 0.29) is 0 Å². The van der Waals surface area contributed by atoms with Crippen LogP contribution in [0.2, 0.25) is 0 Å². The number of hydrogen-bond donors (Lipinski definition) is 1. The van der Waals surface area contributed by atoms with Crippen molar-refractivity contribution >= 4 is 0 Å². The Kier molecular flexibility index (Phi) is 3.64. The Hall–Kier alpha value is -1.26. The summed E-state index contributed by atoms with van der Waals surface area (Å²) in [5.41, 5.74) is 4.48. The first-order valence-corrected chi connectivity index (χ1v) is 6.06. The topological polar surface area (TPSA) is 12.0 Å². The summed E-state index contributed by atoms with van der Waals surface area (Å²) in [5.74, 6) is 5.94. The van der Waals surface area contributed by atoms with Crippen LogP contribution in [0.25, 0.3) is 0 Å². The molecule has 2 rings (SSSR count). The summed E-state index contributed by atoms with van der Waals surface area (Å²) in [6.45, 7) is 4.85. The molecule has 16 heavy (non-hydrogen) atoms. The Morgan fingerprint density at radius 2 is 2.12 bits per heavy atom. The molecule has 0 fully saturated rings. The number of aryl methyl sites for hydroxylation is 2. The van der Waals surface area contributed by atoms with Crippen LogP contribution in [0.3, 0.4) is 0 Å². The van der Waals surface area contributed by atoms with Gasteiger partial charge in [-0.1, -0.05) is 24.1 Å². The maximum Gasteiger partial charge on any atom is 0.0581 e. The number of benzene rings is 1. The van der Waals surface area contributed by atoms with Crippen LogP contribution >= 0.6 is 0 Å². The molecule has 1 aromatic rings. The first kappa shape index (κ1) is 11.2. The first-order chi connectivity index (χ1) is 7.81. The molecule has 1 nitrogen and oxygen atoms in total. The molecule has 1 unspecified atom stereocenters. The fraction of sp³-hybridized carbons (Fsp3) is 0.467. The van der Waals surface area contributed by atoms with Crippen molar-refractivity contribution in [3.8, 4) is 11.8 Å². The third-order valence-corrected chi connectivity index (χ3v) is 3.30. The molecule has 0 bridgehead atoms. The van der Waals surface area contributed by atoms with Gasteiger partial charge in [-0.25, -0.2) is 0 Å². The minimum Gasteiger partial charge on any atom is -0.300 e. The van der Waals surface area contributed by atoms with Crippen molar-refractivity contribution in [2.24, 2.45) is 0 Å². The summed E-state index contributed by atoms with van der Waals surface area (Å²) < 4.78 is 0. The zero-order valence-corrected chi connectivity index (χ0v) is 10.1. The summed E-state index contributed by atoms with van der Waals surface area (Å²) in [6.07, 6.45) is 3.84. The molecule has 0 spiro atoms. The van der Waals surface area contributed by atoms with Crippen LogP contribution in [0.1, 0.15) is 43.0 Å². The molecule has 1 aromatic carbocycles. The highest BCUT2D eigenvalue weighted by Gasteiger charge is 2.12. The van der Waals surface area contributed by atoms with Crippen LogP contribution in [0.5, 0.6) is 0 Å². The van der Waals surface area contributed by atoms with Crippen molar-refractivity contribution in [2.75, 3.05) is 6.54 Å². The van der Waals surface area contributed by atoms with Gasteiger partial charge in [-0.15, -0.1) is 5.92 Å². The highest BCUT2D eigenvalue weighted by atomic mass is 14.9. The molecule has 0 saturated carbocycles. The van der Waals surface area contributed by atoms with Gasteiger partial charge in [0.25, 0.3) is 0 Å². The molecule has 0 aliphatic heterocycles. The Labute approximate surface area is 98.3 Å². The maximum atomic E-state index is 3.42. The van der Waals surface area contributed by atoms with Crippen LogP contribution in [0, 0.1) is 11.8 Å². The molecule has 1 aliphatic rings. The van der Waals surface area contributed by atoms with Crippen LogP contribution in [-0.4, -0.2) is 6.54 Å². The van der Waals surface area contributed by atoms with E-state index in [1.54, 1.807) is 11.1 Å². The van der Waals surface area contributed by atoms with Crippen molar-refractivity contribution in [2.45, 2.75) is 39.2 Å². The largest absolute Gasteiger partial charge is 0.300 e. The van der Waals surface area contributed by atoms with E-state index in [1.807, 2.05) is 6.92 Å². The lowest BCUT2D eigenvalue weighted by atomic mass is 10.0. The molecule has 84 valence electrons. The summed E-state index contributed by atoms with van der Waals surface area (Å²) in [5, 5.41) is 3.42. The van der Waals surface area contributed by atoms with Gasteiger partial charge in [0, 0.05) is 6.04 Å². The van der Waals surface area contributed by atoms with Crippen molar-refractivity contribution in [3.05, 3.63) is 34.9 Å². The quantitative estimate of drug-likeness (QED) is 0.761. The number of fused-ring (bicyclic) bond motifs is 1. The van der Waals surface area contributed by atoms with Crippen molar-refractivity contribution in [1.82, 2.24) is 5.32 Å². The van der Waals surface area contributed by atoms with E-state index < -0.39 is 0 Å². The number of nitrogens with one attached hydrogen (secondary N) is 1. The fourth-order valence-corrected chi connectivity index (χ4v) is 2.27. The van der Waals surface area contributed by atoms with E-state index in [4.69, 9.17) is 0 Å². The van der Waals surface area contributed by atoms with Gasteiger partial charge in [0.1, 0.15) is 0 Å². The second kappa shape index (κ2) is 5.18. The normalized spacial score (nSPS) is 15.1. The highest BCUT2D eigenvalue weighted by Crippen LogP contribution is 2.25. The summed E-state index contributed by atoms with van der Waals surface area (Å²) in [6, 6.07) is 7.30. The number of rotatable bonds is 3. The predicted molar refractivity (Wildman–Crippen MR) is 68.3 cm³/mol. The molecular formula is C15H19N. The van der Waals surface area contributed by atoms with Gasteiger partial charge in [-0.2, -0.15) is 0 Å². The second-order valence-corrected chi connectivity index (χ2v) is 4.41. The van der Waals surface area contributed by atoms with Crippen LogP contribution in [0.15, 0.2) is 18.2 Å². The van der Waals surface area contributed by atoms with E-state index in [0.717, 1.165) is 6.54 Å². The van der Waals surface area contributed by atoms with Gasteiger partial charge in [0.05, 0.1) is 6.54 Å². The lowest BCUT2D eigenvalue weighted by molar-refractivity contribution is 0.622. The standard InChI is InChI=1S/C15H19N/c1-3-4-10-16-12(2)14-9-8-13-6-5-7-15(13)11-14/h8-9,11-12,16H,5-7,10H2,1-2H3. The van der Waals surface area contributed by atoms with Gasteiger partial charge in [0.15, 0.2) is 0 Å². The fourth-order valence-electron chi connectivity index (χ4n) is 2.27. The zero-order chi connectivity index (χ0) is 11.4. The van der Waals surface area contributed by atoms with Crippen molar-refractivity contribution in [3.63, 3.8) is 0 Å². The summed E-state index contributed by atoms with van der Waals surface area (Å²) in [7, 11) is 0. The van der Waals surface area contributed by atoms with Crippen LogP contribution < -0.4 is 5.32 Å². The molecular weight excluding hydrogens is 194 g/mol. The predicted octanol–water partition coefficient (Wildman–Crippen LogP) is 2.85. The minimum absolute atomic E-state index is 0.395. The van der Waals surface area contributed by atoms with E-state index in [1.165, 1.54) is 24.8 Å². The molecule has 0 amide bonds. The average molecular weight is 213 g/mol. The molecule has 1 atom stereocenters. The Bertz CT molecular complexity index is 423. The molecule has 0 radical (unpaired) electrons. The van der Waals surface area contributed by atoms with Gasteiger partial charge in [0.2, 0.25) is 0 Å². The minimum atomic E-state index is 0.395. The Morgan fingerprint density at radius 1 is 1.31 bits per heavy atom. The van der Waals surface area contributed by atoms with Crippen molar-refractivity contribution in [1.29, 1.82) is 0 Å². The van der Waals surface area contributed by atoms with E-state index >= 15 is 0 Å². The SMILES string of the molecule is CC#CCNC(C)c1ccc2c(c1)CCC2. The van der Waals surface area contributed by atoms with E-state index in [9.17, 15) is 0 Å². The molecule has 0 aromatic heterocycles. The van der Waals surface area contributed by atoms with Gasteiger partial charge in [-0.3, -0.25) is 5.32 Å². The zero-order valence-electron chi connectivity index (χ0n) is 10.1. The molecule has 0 heterocycles. The van der Waals surface area contributed by atoms with E-state index in [0.29, 0.717) is 6.04 Å². The molecule has 1 aliphatic carbocycles. The first-order valence-electron chi connectivity index (χ1n) is 6.06. The smallest absolute Gasteiger partial charge is 0.0581 e. The lowest BCUT2D eigenvalue weighted by Gasteiger charge is -2.13. The van der Waals surface area contributed by atoms with Gasteiger partial charge in [-0.05, 0) is 49.8 Å². The second-order valence-electron chi connectivity index (χ2n) is 4.41. The summed E-state index contributed by atoms with van der Waals surface area (Å²) >= 11 is 0. The maximum absolute atomic E-state index is 3.42. The van der Waals surface area contributed by atoms with Crippen LogP contribution in [-0.2, 0) is 12.8 Å². The lowest BCUT2D eigenvalue weighted by Crippen LogP contribution is -2.18. The average Bonchev–Trinajstić information content (AvgIpc) is 2.76. The molecule has 0 saturated heterocycles. The Balaban J connectivity index is 2.05. The summed E-state index contributed by atoms with van der Waals surface area (Å²) in [4.78, 5) is 0. The third-order valence-electron chi connectivity index (χ3n) is 3.30. The third kappa shape index (κ3) is 2.46. The van der Waals surface area contributed by atoms with Crippen LogP contribution in [0.4, 0.5) is 0 Å². The number of hydrogen-bond acceptors (Lipinski definition) is 1. The molecule has 1 heteroatoms. The highest BCUT2D eigenvalue weighted by molar-refractivity contribution is 5.36.